The second-order valence-electron chi connectivity index (χ2n) is 3.69. The van der Waals surface area contributed by atoms with E-state index in [9.17, 15) is 0 Å². The lowest BCUT2D eigenvalue weighted by Crippen LogP contribution is -2.24. The maximum absolute atomic E-state index is 2.39. The molecule has 0 aromatic heterocycles. The smallest absolute Gasteiger partial charge is 0.183 e. The molecule has 0 saturated carbocycles. The Bertz CT molecular complexity index is 311. The van der Waals surface area contributed by atoms with Gasteiger partial charge in [0.1, 0.15) is 13.6 Å². The van der Waals surface area contributed by atoms with E-state index in [1.165, 1.54) is 37.1 Å². The summed E-state index contributed by atoms with van der Waals surface area (Å²) in [6.45, 7) is 1.21. The van der Waals surface area contributed by atoms with Crippen LogP contribution in [0.4, 0.5) is 0 Å². The Morgan fingerprint density at radius 3 is 2.54 bits per heavy atom. The van der Waals surface area contributed by atoms with E-state index in [4.69, 9.17) is 0 Å². The van der Waals surface area contributed by atoms with Crippen LogP contribution in [0.1, 0.15) is 24.8 Å². The van der Waals surface area contributed by atoms with E-state index < -0.39 is 0 Å². The first-order chi connectivity index (χ1) is 6.38. The minimum absolute atomic E-state index is 1.21. The summed E-state index contributed by atoms with van der Waals surface area (Å²) in [5, 5.41) is 0. The quantitative estimate of drug-likeness (QED) is 0.575. The van der Waals surface area contributed by atoms with Crippen molar-refractivity contribution in [3.05, 3.63) is 35.9 Å². The first-order valence-electron chi connectivity index (χ1n) is 5.00. The van der Waals surface area contributed by atoms with Gasteiger partial charge in [-0.15, -0.1) is 0 Å². The second kappa shape index (κ2) is 3.73. The third-order valence-corrected chi connectivity index (χ3v) is 2.72. The lowest BCUT2D eigenvalue weighted by atomic mass is 10.0. The fourth-order valence-corrected chi connectivity index (χ4v) is 1.96. The van der Waals surface area contributed by atoms with Gasteiger partial charge in [-0.25, -0.2) is 4.58 Å². The van der Waals surface area contributed by atoms with Crippen molar-refractivity contribution in [3.63, 3.8) is 0 Å². The van der Waals surface area contributed by atoms with E-state index in [2.05, 4.69) is 42.0 Å². The molecule has 0 unspecified atom stereocenters. The Labute approximate surface area is 79.7 Å². The zero-order valence-corrected chi connectivity index (χ0v) is 8.16. The van der Waals surface area contributed by atoms with Crippen molar-refractivity contribution in [2.45, 2.75) is 19.3 Å². The van der Waals surface area contributed by atoms with Gasteiger partial charge in [-0.3, -0.25) is 0 Å². The van der Waals surface area contributed by atoms with Gasteiger partial charge in [0.05, 0.1) is 0 Å². The molecule has 0 atom stereocenters. The molecule has 1 aliphatic heterocycles. The summed E-state index contributed by atoms with van der Waals surface area (Å²) >= 11 is 0. The molecule has 1 aliphatic rings. The molecular weight excluding hydrogens is 158 g/mol. The Kier molecular flexibility index (Phi) is 2.44. The third kappa shape index (κ3) is 1.80. The Balaban J connectivity index is 2.35. The van der Waals surface area contributed by atoms with Crippen LogP contribution in [0.25, 0.3) is 0 Å². The number of hydrogen-bond acceptors (Lipinski definition) is 0. The number of hydrogen-bond donors (Lipinski definition) is 0. The van der Waals surface area contributed by atoms with Crippen molar-refractivity contribution >= 4 is 5.71 Å². The van der Waals surface area contributed by atoms with Gasteiger partial charge in [0.15, 0.2) is 5.71 Å². The van der Waals surface area contributed by atoms with Gasteiger partial charge in [0, 0.05) is 18.4 Å². The minimum atomic E-state index is 1.21. The maximum Gasteiger partial charge on any atom is 0.183 e. The lowest BCUT2D eigenvalue weighted by Gasteiger charge is -2.11. The highest BCUT2D eigenvalue weighted by Gasteiger charge is 2.17. The van der Waals surface area contributed by atoms with Crippen LogP contribution in [-0.2, 0) is 0 Å². The Morgan fingerprint density at radius 2 is 1.85 bits per heavy atom. The molecule has 0 spiro atoms. The first-order valence-corrected chi connectivity index (χ1v) is 5.00. The van der Waals surface area contributed by atoms with Crippen molar-refractivity contribution in [1.29, 1.82) is 0 Å². The lowest BCUT2D eigenvalue weighted by molar-refractivity contribution is -0.502. The van der Waals surface area contributed by atoms with Crippen LogP contribution in [0, 0.1) is 0 Å². The largest absolute Gasteiger partial charge is 0.236 e. The molecule has 0 amide bonds. The Hall–Kier alpha value is -1.11. The minimum Gasteiger partial charge on any atom is -0.236 e. The van der Waals surface area contributed by atoms with Gasteiger partial charge < -0.3 is 0 Å². The Morgan fingerprint density at radius 1 is 1.08 bits per heavy atom. The van der Waals surface area contributed by atoms with Crippen molar-refractivity contribution in [1.82, 2.24) is 0 Å². The van der Waals surface area contributed by atoms with Gasteiger partial charge in [-0.1, -0.05) is 18.2 Å². The zero-order chi connectivity index (χ0) is 9.10. The summed E-state index contributed by atoms with van der Waals surface area (Å²) < 4.78 is 2.39. The molecule has 0 N–H and O–H groups in total. The highest BCUT2D eigenvalue weighted by Crippen LogP contribution is 2.11. The molecule has 0 fully saturated rings. The summed E-state index contributed by atoms with van der Waals surface area (Å²) in [6.07, 6.45) is 3.92. The molecule has 0 bridgehead atoms. The number of benzene rings is 1. The molecule has 13 heavy (non-hydrogen) atoms. The SMILES string of the molecule is C[N+]1=C(c2ccccc2)CCCC1. The van der Waals surface area contributed by atoms with E-state index in [-0.39, 0.29) is 0 Å². The molecule has 0 radical (unpaired) electrons. The monoisotopic (exact) mass is 174 g/mol. The van der Waals surface area contributed by atoms with Crippen molar-refractivity contribution in [2.75, 3.05) is 13.6 Å². The molecule has 1 aromatic carbocycles. The molecule has 68 valence electrons. The number of nitrogens with zero attached hydrogens (tertiary/aromatic N) is 1. The van der Waals surface area contributed by atoms with Gasteiger partial charge >= 0.3 is 0 Å². The summed E-state index contributed by atoms with van der Waals surface area (Å²) in [5.41, 5.74) is 2.90. The van der Waals surface area contributed by atoms with Crippen LogP contribution >= 0.6 is 0 Å². The predicted molar refractivity (Wildman–Crippen MR) is 55.5 cm³/mol. The first kappa shape index (κ1) is 8.49. The normalized spacial score (nSPS) is 17.6. The van der Waals surface area contributed by atoms with Gasteiger partial charge in [0.2, 0.25) is 0 Å². The second-order valence-corrected chi connectivity index (χ2v) is 3.69. The summed E-state index contributed by atoms with van der Waals surface area (Å²) in [7, 11) is 2.20. The van der Waals surface area contributed by atoms with E-state index in [0.717, 1.165) is 0 Å². The topological polar surface area (TPSA) is 3.01 Å². The van der Waals surface area contributed by atoms with Crippen LogP contribution in [-0.4, -0.2) is 23.9 Å². The van der Waals surface area contributed by atoms with Crippen molar-refractivity contribution < 1.29 is 4.58 Å². The fraction of sp³-hybridized carbons (Fsp3) is 0.417. The fourth-order valence-electron chi connectivity index (χ4n) is 1.96. The van der Waals surface area contributed by atoms with Crippen molar-refractivity contribution in [3.8, 4) is 0 Å². The van der Waals surface area contributed by atoms with E-state index in [1.54, 1.807) is 0 Å². The van der Waals surface area contributed by atoms with Crippen LogP contribution in [0.3, 0.4) is 0 Å². The van der Waals surface area contributed by atoms with E-state index in [0.29, 0.717) is 0 Å². The molecule has 0 aliphatic carbocycles. The van der Waals surface area contributed by atoms with Gasteiger partial charge in [0.25, 0.3) is 0 Å². The molecule has 2 rings (SSSR count). The van der Waals surface area contributed by atoms with Crippen LogP contribution in [0.5, 0.6) is 0 Å². The predicted octanol–water partition coefficient (Wildman–Crippen LogP) is 2.30. The van der Waals surface area contributed by atoms with Gasteiger partial charge in [-0.2, -0.15) is 0 Å². The maximum atomic E-state index is 2.39. The van der Waals surface area contributed by atoms with Crippen LogP contribution in [0.2, 0.25) is 0 Å². The molecular formula is C12H16N+. The highest BCUT2D eigenvalue weighted by atomic mass is 15.0. The van der Waals surface area contributed by atoms with E-state index in [1.807, 2.05) is 0 Å². The number of rotatable bonds is 1. The van der Waals surface area contributed by atoms with Crippen LogP contribution < -0.4 is 0 Å². The molecule has 1 heteroatoms. The molecule has 1 aromatic rings. The average Bonchev–Trinajstić information content (AvgIpc) is 2.20. The zero-order valence-electron chi connectivity index (χ0n) is 8.16. The molecule has 0 saturated heterocycles. The summed E-state index contributed by atoms with van der Waals surface area (Å²) in [6, 6.07) is 10.7. The van der Waals surface area contributed by atoms with E-state index >= 15 is 0 Å². The third-order valence-electron chi connectivity index (χ3n) is 2.72. The van der Waals surface area contributed by atoms with Gasteiger partial charge in [-0.05, 0) is 18.6 Å². The highest BCUT2D eigenvalue weighted by molar-refractivity contribution is 5.96. The summed E-state index contributed by atoms with van der Waals surface area (Å²) in [4.78, 5) is 0. The molecule has 1 heterocycles. The average molecular weight is 174 g/mol. The summed E-state index contributed by atoms with van der Waals surface area (Å²) in [5.74, 6) is 0. The molecule has 1 nitrogen and oxygen atoms in total. The standard InChI is InChI=1S/C12H16N/c1-13-10-6-5-9-12(13)11-7-3-2-4-8-11/h2-4,7-8H,5-6,9-10H2,1H3/q+1. The van der Waals surface area contributed by atoms with Crippen molar-refractivity contribution in [2.24, 2.45) is 0 Å². The van der Waals surface area contributed by atoms with Crippen LogP contribution in [0.15, 0.2) is 30.3 Å².